The van der Waals surface area contributed by atoms with Gasteiger partial charge in [-0.25, -0.2) is 0 Å². The van der Waals surface area contributed by atoms with Crippen molar-refractivity contribution in [2.75, 3.05) is 6.54 Å². The van der Waals surface area contributed by atoms with E-state index in [4.69, 9.17) is 0 Å². The Morgan fingerprint density at radius 1 is 1.31 bits per heavy atom. The molecule has 1 aliphatic heterocycles. The Hall–Kier alpha value is -0.800. The van der Waals surface area contributed by atoms with Crippen LogP contribution in [0.3, 0.4) is 0 Å². The average molecular weight is 279 g/mol. The molecule has 0 aliphatic carbocycles. The summed E-state index contributed by atoms with van der Waals surface area (Å²) in [6.07, 6.45) is 0. The second-order valence-electron chi connectivity index (χ2n) is 4.49. The van der Waals surface area contributed by atoms with E-state index >= 15 is 0 Å². The van der Waals surface area contributed by atoms with Crippen LogP contribution in [0.15, 0.2) is 16.6 Å². The SMILES string of the molecule is Cc1ccc2c(Br)c3n(c2c1C)CCNC3. The van der Waals surface area contributed by atoms with Crippen molar-refractivity contribution in [1.82, 2.24) is 9.88 Å². The third-order valence-corrected chi connectivity index (χ3v) is 4.48. The summed E-state index contributed by atoms with van der Waals surface area (Å²) in [5.41, 5.74) is 5.57. The summed E-state index contributed by atoms with van der Waals surface area (Å²) in [6, 6.07) is 4.44. The maximum absolute atomic E-state index is 3.74. The molecule has 0 spiro atoms. The number of hydrogen-bond donors (Lipinski definition) is 1. The van der Waals surface area contributed by atoms with E-state index in [1.165, 1.54) is 32.2 Å². The summed E-state index contributed by atoms with van der Waals surface area (Å²) in [5, 5.41) is 4.77. The first-order valence-electron chi connectivity index (χ1n) is 5.67. The zero-order chi connectivity index (χ0) is 11.3. The first-order chi connectivity index (χ1) is 7.70. The zero-order valence-corrected chi connectivity index (χ0v) is 11.2. The standard InChI is InChI=1S/C13H15BrN2/c1-8-3-4-10-12(14)11-7-15-5-6-16(11)13(10)9(8)2/h3-4,15H,5-7H2,1-2H3. The molecule has 1 aliphatic rings. The molecule has 3 rings (SSSR count). The number of hydrogen-bond acceptors (Lipinski definition) is 1. The first kappa shape index (κ1) is 10.4. The number of rotatable bonds is 0. The molecule has 84 valence electrons. The zero-order valence-electron chi connectivity index (χ0n) is 9.60. The fourth-order valence-corrected chi connectivity index (χ4v) is 3.23. The van der Waals surface area contributed by atoms with E-state index in [1.54, 1.807) is 0 Å². The van der Waals surface area contributed by atoms with Crippen LogP contribution in [-0.2, 0) is 13.1 Å². The predicted octanol–water partition coefficient (Wildman–Crippen LogP) is 3.12. The third kappa shape index (κ3) is 1.28. The van der Waals surface area contributed by atoms with Crippen LogP contribution < -0.4 is 5.32 Å². The number of aromatic nitrogens is 1. The van der Waals surface area contributed by atoms with Crippen LogP contribution in [0.5, 0.6) is 0 Å². The fourth-order valence-electron chi connectivity index (χ4n) is 2.55. The lowest BCUT2D eigenvalue weighted by atomic mass is 10.1. The number of benzene rings is 1. The summed E-state index contributed by atoms with van der Waals surface area (Å²) in [5.74, 6) is 0. The number of nitrogens with zero attached hydrogens (tertiary/aromatic N) is 1. The normalized spacial score (nSPS) is 15.4. The highest BCUT2D eigenvalue weighted by molar-refractivity contribution is 9.10. The summed E-state index contributed by atoms with van der Waals surface area (Å²) in [6.45, 7) is 7.51. The summed E-state index contributed by atoms with van der Waals surface area (Å²) >= 11 is 3.74. The third-order valence-electron chi connectivity index (χ3n) is 3.59. The number of nitrogens with one attached hydrogen (secondary N) is 1. The molecular weight excluding hydrogens is 264 g/mol. The van der Waals surface area contributed by atoms with Crippen LogP contribution in [0, 0.1) is 13.8 Å². The largest absolute Gasteiger partial charge is 0.341 e. The monoisotopic (exact) mass is 278 g/mol. The highest BCUT2D eigenvalue weighted by atomic mass is 79.9. The summed E-state index contributed by atoms with van der Waals surface area (Å²) in [4.78, 5) is 0. The van der Waals surface area contributed by atoms with E-state index < -0.39 is 0 Å². The van der Waals surface area contributed by atoms with Gasteiger partial charge < -0.3 is 9.88 Å². The van der Waals surface area contributed by atoms with Crippen molar-refractivity contribution in [2.24, 2.45) is 0 Å². The quantitative estimate of drug-likeness (QED) is 0.784. The van der Waals surface area contributed by atoms with Crippen molar-refractivity contribution in [3.05, 3.63) is 33.4 Å². The van der Waals surface area contributed by atoms with Gasteiger partial charge in [0.25, 0.3) is 0 Å². The van der Waals surface area contributed by atoms with Crippen molar-refractivity contribution in [3.63, 3.8) is 0 Å². The molecule has 0 amide bonds. The minimum Gasteiger partial charge on any atom is -0.341 e. The molecule has 2 aromatic rings. The number of halogens is 1. The molecule has 1 aromatic heterocycles. The van der Waals surface area contributed by atoms with E-state index in [2.05, 4.69) is 51.8 Å². The Labute approximate surface area is 104 Å². The second-order valence-corrected chi connectivity index (χ2v) is 5.29. The summed E-state index contributed by atoms with van der Waals surface area (Å²) < 4.78 is 3.72. The molecule has 0 radical (unpaired) electrons. The second kappa shape index (κ2) is 3.60. The van der Waals surface area contributed by atoms with Gasteiger partial charge in [0, 0.05) is 35.2 Å². The van der Waals surface area contributed by atoms with Gasteiger partial charge in [-0.2, -0.15) is 0 Å². The van der Waals surface area contributed by atoms with Crippen LogP contribution in [-0.4, -0.2) is 11.1 Å². The lowest BCUT2D eigenvalue weighted by molar-refractivity contribution is 0.524. The van der Waals surface area contributed by atoms with Gasteiger partial charge in [-0.3, -0.25) is 0 Å². The van der Waals surface area contributed by atoms with E-state index in [-0.39, 0.29) is 0 Å². The topological polar surface area (TPSA) is 17.0 Å². The molecule has 0 unspecified atom stereocenters. The molecule has 1 N–H and O–H groups in total. The lowest BCUT2D eigenvalue weighted by Gasteiger charge is -2.18. The van der Waals surface area contributed by atoms with Gasteiger partial charge in [-0.1, -0.05) is 12.1 Å². The van der Waals surface area contributed by atoms with E-state index in [9.17, 15) is 0 Å². The van der Waals surface area contributed by atoms with Gasteiger partial charge in [-0.05, 0) is 40.9 Å². The smallest absolute Gasteiger partial charge is 0.0527 e. The van der Waals surface area contributed by atoms with Gasteiger partial charge in [0.05, 0.1) is 5.52 Å². The molecular formula is C13H15BrN2. The van der Waals surface area contributed by atoms with E-state index in [0.29, 0.717) is 0 Å². The predicted molar refractivity (Wildman–Crippen MR) is 70.8 cm³/mol. The van der Waals surface area contributed by atoms with Crippen LogP contribution in [0.1, 0.15) is 16.8 Å². The van der Waals surface area contributed by atoms with Gasteiger partial charge in [-0.15, -0.1) is 0 Å². The molecule has 0 atom stereocenters. The maximum Gasteiger partial charge on any atom is 0.0527 e. The minimum atomic E-state index is 0.966. The van der Waals surface area contributed by atoms with Gasteiger partial charge in [0.15, 0.2) is 0 Å². The van der Waals surface area contributed by atoms with Gasteiger partial charge in [0.2, 0.25) is 0 Å². The van der Waals surface area contributed by atoms with Gasteiger partial charge >= 0.3 is 0 Å². The lowest BCUT2D eigenvalue weighted by Crippen LogP contribution is -2.27. The van der Waals surface area contributed by atoms with Crippen molar-refractivity contribution >= 4 is 26.8 Å². The molecule has 16 heavy (non-hydrogen) atoms. The Balaban J connectivity index is 2.45. The molecule has 2 nitrogen and oxygen atoms in total. The van der Waals surface area contributed by atoms with Crippen molar-refractivity contribution in [3.8, 4) is 0 Å². The number of fused-ring (bicyclic) bond motifs is 3. The Bertz CT molecular complexity index is 569. The Kier molecular flexibility index (Phi) is 2.33. The average Bonchev–Trinajstić information content (AvgIpc) is 2.59. The minimum absolute atomic E-state index is 0.966. The van der Waals surface area contributed by atoms with Crippen molar-refractivity contribution in [1.29, 1.82) is 0 Å². The summed E-state index contributed by atoms with van der Waals surface area (Å²) in [7, 11) is 0. The molecule has 3 heteroatoms. The molecule has 0 bridgehead atoms. The first-order valence-corrected chi connectivity index (χ1v) is 6.47. The molecule has 1 aromatic carbocycles. The number of aryl methyl sites for hydroxylation is 2. The van der Waals surface area contributed by atoms with Crippen molar-refractivity contribution < 1.29 is 0 Å². The molecule has 0 saturated heterocycles. The van der Waals surface area contributed by atoms with Crippen LogP contribution >= 0.6 is 15.9 Å². The molecule has 0 fully saturated rings. The van der Waals surface area contributed by atoms with Crippen LogP contribution in [0.2, 0.25) is 0 Å². The van der Waals surface area contributed by atoms with E-state index in [0.717, 1.165) is 19.6 Å². The van der Waals surface area contributed by atoms with Crippen LogP contribution in [0.25, 0.3) is 10.9 Å². The Morgan fingerprint density at radius 3 is 2.94 bits per heavy atom. The van der Waals surface area contributed by atoms with Gasteiger partial charge in [0.1, 0.15) is 0 Å². The van der Waals surface area contributed by atoms with Crippen LogP contribution in [0.4, 0.5) is 0 Å². The Morgan fingerprint density at radius 2 is 2.12 bits per heavy atom. The van der Waals surface area contributed by atoms with Crippen molar-refractivity contribution in [2.45, 2.75) is 26.9 Å². The highest BCUT2D eigenvalue weighted by Crippen LogP contribution is 2.34. The molecule has 0 saturated carbocycles. The fraction of sp³-hybridized carbons (Fsp3) is 0.385. The highest BCUT2D eigenvalue weighted by Gasteiger charge is 2.19. The van der Waals surface area contributed by atoms with E-state index in [1.807, 2.05) is 0 Å². The maximum atomic E-state index is 3.74. The molecule has 2 heterocycles.